The van der Waals surface area contributed by atoms with Crippen molar-refractivity contribution in [2.45, 2.75) is 19.4 Å². The maximum absolute atomic E-state index is 4.24. The van der Waals surface area contributed by atoms with Gasteiger partial charge in [0.2, 0.25) is 0 Å². The third-order valence-electron chi connectivity index (χ3n) is 2.78. The lowest BCUT2D eigenvalue weighted by molar-refractivity contribution is 0.628. The summed E-state index contributed by atoms with van der Waals surface area (Å²) in [4.78, 5) is 2.28. The molecule has 0 saturated heterocycles. The first-order valence-electron chi connectivity index (χ1n) is 4.69. The summed E-state index contributed by atoms with van der Waals surface area (Å²) in [6, 6.07) is 0.573. The number of anilines is 2. The highest BCUT2D eigenvalue weighted by Crippen LogP contribution is 2.28. The van der Waals surface area contributed by atoms with Gasteiger partial charge in [-0.05, 0) is 13.3 Å². The summed E-state index contributed by atoms with van der Waals surface area (Å²) in [5.74, 6) is 1.19. The zero-order valence-electron chi connectivity index (χ0n) is 8.41. The highest BCUT2D eigenvalue weighted by Gasteiger charge is 2.20. The molecule has 1 atom stereocenters. The molecule has 2 rings (SSSR count). The zero-order chi connectivity index (χ0) is 9.42. The molecule has 1 unspecified atom stereocenters. The van der Waals surface area contributed by atoms with Crippen molar-refractivity contribution in [3.8, 4) is 0 Å². The van der Waals surface area contributed by atoms with Crippen LogP contribution in [0.25, 0.3) is 0 Å². The Balaban J connectivity index is 2.43. The molecule has 0 saturated carbocycles. The van der Waals surface area contributed by atoms with E-state index in [0.717, 1.165) is 12.2 Å². The van der Waals surface area contributed by atoms with Gasteiger partial charge < -0.3 is 10.2 Å². The first kappa shape index (κ1) is 8.41. The molecule has 13 heavy (non-hydrogen) atoms. The molecule has 2 heterocycles. The number of hydrogen-bond donors (Lipinski definition) is 1. The van der Waals surface area contributed by atoms with Gasteiger partial charge in [0.1, 0.15) is 5.82 Å². The fourth-order valence-electron chi connectivity index (χ4n) is 1.79. The molecule has 1 aromatic heterocycles. The normalized spacial score (nSPS) is 22.1. The van der Waals surface area contributed by atoms with E-state index < -0.39 is 0 Å². The maximum Gasteiger partial charge on any atom is 0.150 e. The Bertz CT molecular complexity index is 305. The first-order chi connectivity index (χ1) is 6.20. The molecule has 0 aliphatic carbocycles. The number of nitrogens with one attached hydrogen (secondary N) is 1. The van der Waals surface area contributed by atoms with Crippen LogP contribution in [0.4, 0.5) is 11.5 Å². The van der Waals surface area contributed by atoms with Crippen molar-refractivity contribution in [3.05, 3.63) is 6.20 Å². The Morgan fingerprint density at radius 1 is 1.54 bits per heavy atom. The van der Waals surface area contributed by atoms with Gasteiger partial charge in [-0.2, -0.15) is 5.10 Å². The van der Waals surface area contributed by atoms with E-state index in [1.54, 1.807) is 0 Å². The van der Waals surface area contributed by atoms with Gasteiger partial charge in [0.05, 0.1) is 11.9 Å². The Morgan fingerprint density at radius 2 is 2.31 bits per heavy atom. The second kappa shape index (κ2) is 2.94. The van der Waals surface area contributed by atoms with Gasteiger partial charge in [0, 0.05) is 26.7 Å². The van der Waals surface area contributed by atoms with Crippen molar-refractivity contribution >= 4 is 11.5 Å². The standard InChI is InChI=1S/C9H16N4/c1-7-4-5-10-8-6-11-13(3)9(8)12(7)2/h6-7,10H,4-5H2,1-3H3. The smallest absolute Gasteiger partial charge is 0.150 e. The van der Waals surface area contributed by atoms with Crippen molar-refractivity contribution in [2.24, 2.45) is 7.05 Å². The second-order valence-corrected chi connectivity index (χ2v) is 3.68. The third-order valence-corrected chi connectivity index (χ3v) is 2.78. The highest BCUT2D eigenvalue weighted by atomic mass is 15.4. The summed E-state index contributed by atoms with van der Waals surface area (Å²) >= 11 is 0. The molecule has 0 radical (unpaired) electrons. The minimum absolute atomic E-state index is 0.573. The number of fused-ring (bicyclic) bond motifs is 1. The molecule has 0 aromatic carbocycles. The van der Waals surface area contributed by atoms with Gasteiger partial charge in [-0.25, -0.2) is 0 Å². The monoisotopic (exact) mass is 180 g/mol. The summed E-state index contributed by atoms with van der Waals surface area (Å²) in [5, 5.41) is 7.62. The molecule has 4 heteroatoms. The predicted molar refractivity (Wildman–Crippen MR) is 54.2 cm³/mol. The van der Waals surface area contributed by atoms with Crippen LogP contribution in [0.1, 0.15) is 13.3 Å². The van der Waals surface area contributed by atoms with Crippen LogP contribution in [-0.2, 0) is 7.05 Å². The molecular weight excluding hydrogens is 164 g/mol. The summed E-state index contributed by atoms with van der Waals surface area (Å²) in [7, 11) is 4.10. The topological polar surface area (TPSA) is 33.1 Å². The quantitative estimate of drug-likeness (QED) is 0.648. The molecule has 0 bridgehead atoms. The Morgan fingerprint density at radius 3 is 3.08 bits per heavy atom. The van der Waals surface area contributed by atoms with Crippen LogP contribution in [0.15, 0.2) is 6.20 Å². The van der Waals surface area contributed by atoms with E-state index in [-0.39, 0.29) is 0 Å². The highest BCUT2D eigenvalue weighted by molar-refractivity contribution is 5.66. The summed E-state index contributed by atoms with van der Waals surface area (Å²) in [6.07, 6.45) is 3.06. The minimum Gasteiger partial charge on any atom is -0.381 e. The lowest BCUT2D eigenvalue weighted by atomic mass is 10.2. The number of nitrogens with zero attached hydrogens (tertiary/aromatic N) is 3. The van der Waals surface area contributed by atoms with Gasteiger partial charge in [0.25, 0.3) is 0 Å². The van der Waals surface area contributed by atoms with Crippen LogP contribution >= 0.6 is 0 Å². The van der Waals surface area contributed by atoms with Crippen molar-refractivity contribution < 1.29 is 0 Å². The summed E-state index contributed by atoms with van der Waals surface area (Å²) in [5.41, 5.74) is 1.15. The third kappa shape index (κ3) is 1.26. The Labute approximate surface area is 78.5 Å². The van der Waals surface area contributed by atoms with Crippen LogP contribution in [0.3, 0.4) is 0 Å². The number of aromatic nitrogens is 2. The van der Waals surface area contributed by atoms with E-state index in [0.29, 0.717) is 6.04 Å². The van der Waals surface area contributed by atoms with E-state index in [1.165, 1.54) is 12.2 Å². The van der Waals surface area contributed by atoms with Crippen LogP contribution in [0.5, 0.6) is 0 Å². The van der Waals surface area contributed by atoms with E-state index in [2.05, 4.69) is 29.3 Å². The number of hydrogen-bond acceptors (Lipinski definition) is 3. The lowest BCUT2D eigenvalue weighted by Gasteiger charge is -2.24. The molecule has 1 aromatic rings. The molecule has 1 aliphatic heterocycles. The molecule has 0 amide bonds. The van der Waals surface area contributed by atoms with Gasteiger partial charge in [-0.15, -0.1) is 0 Å². The second-order valence-electron chi connectivity index (χ2n) is 3.68. The SMILES string of the molecule is CC1CCNc2cnn(C)c2N1C. The van der Waals surface area contributed by atoms with Gasteiger partial charge in [0.15, 0.2) is 0 Å². The van der Waals surface area contributed by atoms with Crippen LogP contribution in [0.2, 0.25) is 0 Å². The van der Waals surface area contributed by atoms with Gasteiger partial charge in [-0.3, -0.25) is 4.68 Å². The van der Waals surface area contributed by atoms with E-state index in [9.17, 15) is 0 Å². The van der Waals surface area contributed by atoms with Crippen molar-refractivity contribution in [1.29, 1.82) is 0 Å². The molecule has 1 N–H and O–H groups in total. The van der Waals surface area contributed by atoms with Gasteiger partial charge >= 0.3 is 0 Å². The average molecular weight is 180 g/mol. The van der Waals surface area contributed by atoms with E-state index in [4.69, 9.17) is 0 Å². The van der Waals surface area contributed by atoms with Crippen molar-refractivity contribution in [2.75, 3.05) is 23.8 Å². The number of aryl methyl sites for hydroxylation is 1. The molecular formula is C9H16N4. The molecule has 0 fully saturated rings. The largest absolute Gasteiger partial charge is 0.381 e. The molecule has 1 aliphatic rings. The van der Waals surface area contributed by atoms with Crippen LogP contribution in [0, 0.1) is 0 Å². The van der Waals surface area contributed by atoms with Crippen molar-refractivity contribution in [1.82, 2.24) is 9.78 Å². The Hall–Kier alpha value is -1.19. The zero-order valence-corrected chi connectivity index (χ0v) is 8.41. The summed E-state index contributed by atoms with van der Waals surface area (Å²) < 4.78 is 1.92. The van der Waals surface area contributed by atoms with Crippen molar-refractivity contribution in [3.63, 3.8) is 0 Å². The van der Waals surface area contributed by atoms with Crippen LogP contribution < -0.4 is 10.2 Å². The molecule has 4 nitrogen and oxygen atoms in total. The van der Waals surface area contributed by atoms with Crippen LogP contribution in [-0.4, -0.2) is 29.4 Å². The average Bonchev–Trinajstić information content (AvgIpc) is 2.39. The fraction of sp³-hybridized carbons (Fsp3) is 0.667. The molecule has 0 spiro atoms. The predicted octanol–water partition coefficient (Wildman–Crippen LogP) is 1.06. The first-order valence-corrected chi connectivity index (χ1v) is 4.69. The summed E-state index contributed by atoms with van der Waals surface area (Å²) in [6.45, 7) is 3.27. The minimum atomic E-state index is 0.573. The Kier molecular flexibility index (Phi) is 1.90. The van der Waals surface area contributed by atoms with Gasteiger partial charge in [-0.1, -0.05) is 0 Å². The molecule has 72 valence electrons. The maximum atomic E-state index is 4.24. The lowest BCUT2D eigenvalue weighted by Crippen LogP contribution is -2.29. The van der Waals surface area contributed by atoms with E-state index in [1.807, 2.05) is 17.9 Å². The van der Waals surface area contributed by atoms with E-state index >= 15 is 0 Å². The number of rotatable bonds is 0. The fourth-order valence-corrected chi connectivity index (χ4v) is 1.79.